The third kappa shape index (κ3) is 5.73. The van der Waals surface area contributed by atoms with Gasteiger partial charge < -0.3 is 24.4 Å². The van der Waals surface area contributed by atoms with Crippen molar-refractivity contribution in [2.24, 2.45) is 10.8 Å². The van der Waals surface area contributed by atoms with Crippen molar-refractivity contribution in [3.05, 3.63) is 35.9 Å². The van der Waals surface area contributed by atoms with Gasteiger partial charge in [0.2, 0.25) is 0 Å². The number of carboxylic acid groups (broad SMARTS) is 1. The number of fused-ring (bicyclic) bond motifs is 3. The van der Waals surface area contributed by atoms with Crippen LogP contribution in [0.5, 0.6) is 0 Å². The lowest BCUT2D eigenvalue weighted by molar-refractivity contribution is -0.159. The molecule has 8 nitrogen and oxygen atoms in total. The maximum atomic E-state index is 13.4. The Morgan fingerprint density at radius 1 is 1.06 bits per heavy atom. The zero-order chi connectivity index (χ0) is 25.3. The molecule has 1 unspecified atom stereocenters. The van der Waals surface area contributed by atoms with Gasteiger partial charge in [0.25, 0.3) is 0 Å². The molecule has 2 bridgehead atoms. The van der Waals surface area contributed by atoms with E-state index in [4.69, 9.17) is 9.47 Å². The number of ether oxygens (including phenoxy) is 2. The molecule has 1 aromatic rings. The van der Waals surface area contributed by atoms with E-state index in [2.05, 4.69) is 0 Å². The second kappa shape index (κ2) is 9.70. The second-order valence-electron chi connectivity index (χ2n) is 11.6. The van der Waals surface area contributed by atoms with E-state index in [0.717, 1.165) is 24.8 Å². The first-order valence-electron chi connectivity index (χ1n) is 12.7. The summed E-state index contributed by atoms with van der Waals surface area (Å²) in [7, 11) is 0. The zero-order valence-electron chi connectivity index (χ0n) is 21.1. The summed E-state index contributed by atoms with van der Waals surface area (Å²) in [6, 6.07) is 9.42. The molecule has 1 atom stereocenters. The van der Waals surface area contributed by atoms with E-state index in [-0.39, 0.29) is 30.3 Å². The number of carboxylic acids is 1. The average molecular weight is 487 g/mol. The molecule has 2 amide bonds. The lowest BCUT2D eigenvalue weighted by Gasteiger charge is -2.53. The van der Waals surface area contributed by atoms with Gasteiger partial charge in [-0.25, -0.2) is 9.59 Å². The van der Waals surface area contributed by atoms with Gasteiger partial charge in [-0.2, -0.15) is 0 Å². The number of likely N-dealkylation sites (tertiary alicyclic amines) is 1. The van der Waals surface area contributed by atoms with Crippen molar-refractivity contribution in [1.29, 1.82) is 0 Å². The molecule has 1 heterocycles. The molecule has 4 fully saturated rings. The number of carbonyl (C=O) groups excluding carboxylic acids is 2. The molecule has 5 rings (SSSR count). The van der Waals surface area contributed by atoms with Crippen LogP contribution in [-0.2, 0) is 20.9 Å². The van der Waals surface area contributed by atoms with Crippen LogP contribution in [0.15, 0.2) is 30.3 Å². The van der Waals surface area contributed by atoms with Crippen molar-refractivity contribution in [2.75, 3.05) is 19.6 Å². The number of rotatable bonds is 6. The fraction of sp³-hybridized carbons (Fsp3) is 0.667. The molecule has 0 aromatic heterocycles. The van der Waals surface area contributed by atoms with Crippen molar-refractivity contribution in [2.45, 2.75) is 84.0 Å². The van der Waals surface area contributed by atoms with Crippen LogP contribution in [0.4, 0.5) is 9.59 Å². The van der Waals surface area contributed by atoms with Crippen molar-refractivity contribution in [3.8, 4) is 0 Å². The number of hydrogen-bond acceptors (Lipinski definition) is 5. The van der Waals surface area contributed by atoms with Gasteiger partial charge in [-0.05, 0) is 76.7 Å². The van der Waals surface area contributed by atoms with Gasteiger partial charge >= 0.3 is 18.2 Å². The Kier molecular flexibility index (Phi) is 7.02. The maximum Gasteiger partial charge on any atom is 0.410 e. The Morgan fingerprint density at radius 3 is 2.26 bits per heavy atom. The van der Waals surface area contributed by atoms with E-state index in [1.807, 2.05) is 56.0 Å². The van der Waals surface area contributed by atoms with Gasteiger partial charge in [0.15, 0.2) is 0 Å². The first-order valence-corrected chi connectivity index (χ1v) is 12.7. The molecule has 1 aliphatic heterocycles. The monoisotopic (exact) mass is 486 g/mol. The topological polar surface area (TPSA) is 96.4 Å². The number of carbonyl (C=O) groups is 3. The van der Waals surface area contributed by atoms with Gasteiger partial charge in [-0.1, -0.05) is 30.3 Å². The van der Waals surface area contributed by atoms with Crippen LogP contribution in [0.1, 0.15) is 71.3 Å². The fourth-order valence-corrected chi connectivity index (χ4v) is 5.82. The standard InChI is InChI=1S/C27H38N2O6/c1-25(2,3)35-23(32)28-16-9-21(17-28)29(24(33)34-18-20-7-5-4-6-8-20)19-26-10-13-27(14-11-26,15-12-26)22(30)31/h4-8,21H,9-19H2,1-3H3,(H,30,31). The number of hydrogen-bond donors (Lipinski definition) is 1. The summed E-state index contributed by atoms with van der Waals surface area (Å²) in [5.74, 6) is -0.686. The minimum Gasteiger partial charge on any atom is -0.481 e. The smallest absolute Gasteiger partial charge is 0.410 e. The second-order valence-corrected chi connectivity index (χ2v) is 11.6. The highest BCUT2D eigenvalue weighted by molar-refractivity contribution is 5.75. The highest BCUT2D eigenvalue weighted by atomic mass is 16.6. The molecule has 192 valence electrons. The molecule has 0 spiro atoms. The summed E-state index contributed by atoms with van der Waals surface area (Å²) in [6.45, 7) is 7.18. The zero-order valence-corrected chi connectivity index (χ0v) is 21.1. The van der Waals surface area contributed by atoms with Crippen LogP contribution >= 0.6 is 0 Å². The van der Waals surface area contributed by atoms with Crippen molar-refractivity contribution in [1.82, 2.24) is 9.80 Å². The first kappa shape index (κ1) is 25.3. The van der Waals surface area contributed by atoms with Gasteiger partial charge in [0, 0.05) is 19.6 Å². The lowest BCUT2D eigenvalue weighted by Crippen LogP contribution is -2.54. The molecule has 1 aromatic carbocycles. The minimum absolute atomic E-state index is 0.0949. The van der Waals surface area contributed by atoms with Gasteiger partial charge in [0.1, 0.15) is 12.2 Å². The summed E-state index contributed by atoms with van der Waals surface area (Å²) in [6.07, 6.45) is 4.28. The van der Waals surface area contributed by atoms with Crippen molar-refractivity contribution in [3.63, 3.8) is 0 Å². The number of amides is 2. The van der Waals surface area contributed by atoms with Crippen LogP contribution in [0.25, 0.3) is 0 Å². The predicted octanol–water partition coefficient (Wildman–Crippen LogP) is 5.06. The molecule has 3 aliphatic carbocycles. The van der Waals surface area contributed by atoms with Gasteiger partial charge in [-0.15, -0.1) is 0 Å². The number of benzene rings is 1. The summed E-state index contributed by atoms with van der Waals surface area (Å²) in [5, 5.41) is 9.75. The molecule has 1 N–H and O–H groups in total. The Morgan fingerprint density at radius 2 is 1.69 bits per heavy atom. The molecular weight excluding hydrogens is 448 g/mol. The molecule has 3 saturated carbocycles. The van der Waals surface area contributed by atoms with Crippen LogP contribution in [-0.4, -0.2) is 64.3 Å². The SMILES string of the molecule is CC(C)(C)OC(=O)N1CCC(N(CC23CCC(C(=O)O)(CC2)CC3)C(=O)OCc2ccccc2)C1. The summed E-state index contributed by atoms with van der Waals surface area (Å²) < 4.78 is 11.3. The van der Waals surface area contributed by atoms with Gasteiger partial charge in [-0.3, -0.25) is 4.79 Å². The normalized spacial score (nSPS) is 28.0. The Bertz CT molecular complexity index is 916. The quantitative estimate of drug-likeness (QED) is 0.604. The third-order valence-corrected chi connectivity index (χ3v) is 8.06. The van der Waals surface area contributed by atoms with Crippen LogP contribution in [0.2, 0.25) is 0 Å². The highest BCUT2D eigenvalue weighted by Crippen LogP contribution is 2.57. The van der Waals surface area contributed by atoms with E-state index in [1.54, 1.807) is 4.90 Å². The first-order chi connectivity index (χ1) is 16.5. The third-order valence-electron chi connectivity index (χ3n) is 8.06. The molecule has 4 aliphatic rings. The molecule has 35 heavy (non-hydrogen) atoms. The number of nitrogens with zero attached hydrogens (tertiary/aromatic N) is 2. The van der Waals surface area contributed by atoms with Crippen LogP contribution in [0, 0.1) is 10.8 Å². The summed E-state index contributed by atoms with van der Waals surface area (Å²) in [5.41, 5.74) is -0.352. The largest absolute Gasteiger partial charge is 0.481 e. The highest BCUT2D eigenvalue weighted by Gasteiger charge is 2.54. The van der Waals surface area contributed by atoms with Crippen molar-refractivity contribution < 1.29 is 29.0 Å². The molecule has 0 radical (unpaired) electrons. The number of aliphatic carboxylic acids is 1. The Labute approximate surface area is 207 Å². The van der Waals surface area contributed by atoms with Crippen LogP contribution < -0.4 is 0 Å². The minimum atomic E-state index is -0.686. The Hall–Kier alpha value is -2.77. The lowest BCUT2D eigenvalue weighted by atomic mass is 9.53. The molecular formula is C27H38N2O6. The molecule has 1 saturated heterocycles. The van der Waals surface area contributed by atoms with Crippen LogP contribution in [0.3, 0.4) is 0 Å². The maximum absolute atomic E-state index is 13.4. The van der Waals surface area contributed by atoms with E-state index in [9.17, 15) is 19.5 Å². The van der Waals surface area contributed by atoms with E-state index >= 15 is 0 Å². The molecule has 8 heteroatoms. The summed E-state index contributed by atoms with van der Waals surface area (Å²) in [4.78, 5) is 41.4. The van der Waals surface area contributed by atoms with E-state index in [1.165, 1.54) is 0 Å². The average Bonchev–Trinajstić information content (AvgIpc) is 3.32. The van der Waals surface area contributed by atoms with Gasteiger partial charge in [0.05, 0.1) is 11.5 Å². The fourth-order valence-electron chi connectivity index (χ4n) is 5.82. The van der Waals surface area contributed by atoms with E-state index < -0.39 is 17.0 Å². The Balaban J connectivity index is 1.47. The van der Waals surface area contributed by atoms with E-state index in [0.29, 0.717) is 45.3 Å². The summed E-state index contributed by atoms with van der Waals surface area (Å²) >= 11 is 0. The van der Waals surface area contributed by atoms with Crippen molar-refractivity contribution >= 4 is 18.2 Å². The predicted molar refractivity (Wildman–Crippen MR) is 130 cm³/mol.